The van der Waals surface area contributed by atoms with Gasteiger partial charge >= 0.3 is 5.97 Å². The number of hydrogen-bond acceptors (Lipinski definition) is 3. The van der Waals surface area contributed by atoms with E-state index in [-0.39, 0.29) is 11.9 Å². The van der Waals surface area contributed by atoms with Crippen LogP contribution in [0.25, 0.3) is 0 Å². The maximum absolute atomic E-state index is 11.9. The van der Waals surface area contributed by atoms with Crippen LogP contribution in [0.1, 0.15) is 44.1 Å². The molecule has 1 aliphatic carbocycles. The van der Waals surface area contributed by atoms with Crippen LogP contribution in [0.15, 0.2) is 30.3 Å². The zero-order valence-corrected chi connectivity index (χ0v) is 12.5. The van der Waals surface area contributed by atoms with Gasteiger partial charge in [-0.3, -0.25) is 4.79 Å². The molecule has 1 amide bonds. The highest BCUT2D eigenvalue weighted by Gasteiger charge is 2.33. The summed E-state index contributed by atoms with van der Waals surface area (Å²) >= 11 is 0. The SMILES string of the molecule is CCOC(=O)C(NC=O)C1CCC(c2ccccc2)CC1. The molecular weight excluding hydrogens is 266 g/mol. The number of esters is 1. The molecule has 0 heterocycles. The lowest BCUT2D eigenvalue weighted by atomic mass is 9.76. The van der Waals surface area contributed by atoms with Gasteiger partial charge in [-0.1, -0.05) is 30.3 Å². The number of rotatable bonds is 6. The van der Waals surface area contributed by atoms with E-state index in [0.29, 0.717) is 18.9 Å². The number of nitrogens with one attached hydrogen (secondary N) is 1. The second-order valence-electron chi connectivity index (χ2n) is 5.54. The van der Waals surface area contributed by atoms with E-state index in [9.17, 15) is 9.59 Å². The Bertz CT molecular complexity index is 452. The molecule has 1 unspecified atom stereocenters. The summed E-state index contributed by atoms with van der Waals surface area (Å²) in [7, 11) is 0. The van der Waals surface area contributed by atoms with Crippen LogP contribution in [0.2, 0.25) is 0 Å². The monoisotopic (exact) mass is 289 g/mol. The molecule has 4 nitrogen and oxygen atoms in total. The molecule has 0 saturated heterocycles. The molecule has 0 bridgehead atoms. The number of benzene rings is 1. The van der Waals surface area contributed by atoms with Gasteiger partial charge in [0.1, 0.15) is 6.04 Å². The predicted octanol–water partition coefficient (Wildman–Crippen LogP) is 2.64. The molecule has 0 spiro atoms. The van der Waals surface area contributed by atoms with Crippen molar-refractivity contribution in [2.45, 2.75) is 44.6 Å². The fourth-order valence-electron chi connectivity index (χ4n) is 3.21. The van der Waals surface area contributed by atoms with Crippen molar-refractivity contribution >= 4 is 12.4 Å². The van der Waals surface area contributed by atoms with Gasteiger partial charge in [-0.15, -0.1) is 0 Å². The quantitative estimate of drug-likeness (QED) is 0.647. The molecule has 0 aliphatic heterocycles. The van der Waals surface area contributed by atoms with Crippen LogP contribution in [0.3, 0.4) is 0 Å². The third-order valence-corrected chi connectivity index (χ3v) is 4.30. The van der Waals surface area contributed by atoms with Crippen molar-refractivity contribution < 1.29 is 14.3 Å². The Morgan fingerprint density at radius 2 is 1.95 bits per heavy atom. The van der Waals surface area contributed by atoms with Crippen LogP contribution in [-0.4, -0.2) is 25.0 Å². The van der Waals surface area contributed by atoms with Gasteiger partial charge in [0.2, 0.25) is 6.41 Å². The summed E-state index contributed by atoms with van der Waals surface area (Å²) in [5.74, 6) is 0.420. The van der Waals surface area contributed by atoms with Crippen molar-refractivity contribution in [3.05, 3.63) is 35.9 Å². The highest BCUT2D eigenvalue weighted by atomic mass is 16.5. The summed E-state index contributed by atoms with van der Waals surface area (Å²) in [4.78, 5) is 22.7. The lowest BCUT2D eigenvalue weighted by Gasteiger charge is -2.32. The van der Waals surface area contributed by atoms with Gasteiger partial charge in [0.25, 0.3) is 0 Å². The molecule has 1 saturated carbocycles. The largest absolute Gasteiger partial charge is 0.464 e. The summed E-state index contributed by atoms with van der Waals surface area (Å²) in [5.41, 5.74) is 1.37. The number of ether oxygens (including phenoxy) is 1. The molecule has 4 heteroatoms. The van der Waals surface area contributed by atoms with E-state index in [1.165, 1.54) is 5.56 Å². The van der Waals surface area contributed by atoms with E-state index in [1.807, 2.05) is 6.07 Å². The van der Waals surface area contributed by atoms with Crippen molar-refractivity contribution in [3.8, 4) is 0 Å². The third kappa shape index (κ3) is 4.06. The average molecular weight is 289 g/mol. The standard InChI is InChI=1S/C17H23NO3/c1-2-21-17(20)16(18-12-19)15-10-8-14(9-11-15)13-6-4-3-5-7-13/h3-7,12,14-16H,2,8-11H2,1H3,(H,18,19). The summed E-state index contributed by atoms with van der Waals surface area (Å²) in [6.45, 7) is 2.12. The minimum atomic E-state index is -0.501. The zero-order chi connectivity index (χ0) is 15.1. The molecule has 0 aromatic heterocycles. The first-order valence-electron chi connectivity index (χ1n) is 7.67. The highest BCUT2D eigenvalue weighted by molar-refractivity contribution is 5.78. The minimum Gasteiger partial charge on any atom is -0.464 e. The second kappa shape index (κ2) is 7.81. The molecular formula is C17H23NO3. The third-order valence-electron chi connectivity index (χ3n) is 4.30. The average Bonchev–Trinajstić information content (AvgIpc) is 2.54. The molecule has 21 heavy (non-hydrogen) atoms. The fraction of sp³-hybridized carbons (Fsp3) is 0.529. The number of amides is 1. The summed E-state index contributed by atoms with van der Waals surface area (Å²) in [6, 6.07) is 9.99. The Kier molecular flexibility index (Phi) is 5.78. The Morgan fingerprint density at radius 3 is 2.52 bits per heavy atom. The lowest BCUT2D eigenvalue weighted by molar-refractivity contribution is -0.148. The van der Waals surface area contributed by atoms with Crippen LogP contribution in [0.4, 0.5) is 0 Å². The summed E-state index contributed by atoms with van der Waals surface area (Å²) in [5, 5.41) is 2.64. The zero-order valence-electron chi connectivity index (χ0n) is 12.5. The first-order chi connectivity index (χ1) is 10.3. The maximum Gasteiger partial charge on any atom is 0.328 e. The van der Waals surface area contributed by atoms with Crippen molar-refractivity contribution in [2.75, 3.05) is 6.61 Å². The summed E-state index contributed by atoms with van der Waals surface area (Å²) < 4.78 is 5.06. The second-order valence-corrected chi connectivity index (χ2v) is 5.54. The van der Waals surface area contributed by atoms with Crippen molar-refractivity contribution in [2.24, 2.45) is 5.92 Å². The maximum atomic E-state index is 11.9. The minimum absolute atomic E-state index is 0.175. The van der Waals surface area contributed by atoms with E-state index < -0.39 is 6.04 Å². The molecule has 0 radical (unpaired) electrons. The van der Waals surface area contributed by atoms with E-state index >= 15 is 0 Å². The van der Waals surface area contributed by atoms with Gasteiger partial charge < -0.3 is 10.1 Å². The first-order valence-corrected chi connectivity index (χ1v) is 7.67. The van der Waals surface area contributed by atoms with E-state index in [2.05, 4.69) is 29.6 Å². The van der Waals surface area contributed by atoms with Crippen LogP contribution in [0.5, 0.6) is 0 Å². The molecule has 1 aromatic rings. The molecule has 1 aromatic carbocycles. The molecule has 1 N–H and O–H groups in total. The molecule has 2 rings (SSSR count). The van der Waals surface area contributed by atoms with Crippen molar-refractivity contribution in [1.82, 2.24) is 5.32 Å². The van der Waals surface area contributed by atoms with Crippen LogP contribution in [-0.2, 0) is 14.3 Å². The molecule has 1 fully saturated rings. The van der Waals surface area contributed by atoms with Gasteiger partial charge in [-0.05, 0) is 50.0 Å². The number of carbonyl (C=O) groups is 2. The number of hydrogen-bond donors (Lipinski definition) is 1. The van der Waals surface area contributed by atoms with Crippen LogP contribution in [0, 0.1) is 5.92 Å². The Hall–Kier alpha value is -1.84. The Morgan fingerprint density at radius 1 is 1.29 bits per heavy atom. The normalized spacial score (nSPS) is 23.1. The number of carbonyl (C=O) groups excluding carboxylic acids is 2. The van der Waals surface area contributed by atoms with E-state index in [0.717, 1.165) is 25.7 Å². The topological polar surface area (TPSA) is 55.4 Å². The van der Waals surface area contributed by atoms with Gasteiger partial charge in [0.05, 0.1) is 6.61 Å². The van der Waals surface area contributed by atoms with Crippen LogP contribution < -0.4 is 5.32 Å². The molecule has 1 aliphatic rings. The predicted molar refractivity (Wildman–Crippen MR) is 80.8 cm³/mol. The summed E-state index contributed by atoms with van der Waals surface area (Å²) in [6.07, 6.45) is 4.56. The van der Waals surface area contributed by atoms with Gasteiger partial charge in [0.15, 0.2) is 0 Å². The van der Waals surface area contributed by atoms with Crippen molar-refractivity contribution in [1.29, 1.82) is 0 Å². The molecule has 1 atom stereocenters. The van der Waals surface area contributed by atoms with Gasteiger partial charge in [-0.2, -0.15) is 0 Å². The van der Waals surface area contributed by atoms with Gasteiger partial charge in [0, 0.05) is 0 Å². The van der Waals surface area contributed by atoms with Gasteiger partial charge in [-0.25, -0.2) is 4.79 Å². The first kappa shape index (κ1) is 15.5. The van der Waals surface area contributed by atoms with E-state index in [1.54, 1.807) is 6.92 Å². The molecule has 114 valence electrons. The van der Waals surface area contributed by atoms with Crippen molar-refractivity contribution in [3.63, 3.8) is 0 Å². The van der Waals surface area contributed by atoms with Crippen LogP contribution >= 0.6 is 0 Å². The Labute approximate surface area is 125 Å². The Balaban J connectivity index is 1.94. The fourth-order valence-corrected chi connectivity index (χ4v) is 3.21. The van der Waals surface area contributed by atoms with E-state index in [4.69, 9.17) is 4.74 Å². The highest BCUT2D eigenvalue weighted by Crippen LogP contribution is 2.37. The lowest BCUT2D eigenvalue weighted by Crippen LogP contribution is -2.44. The smallest absolute Gasteiger partial charge is 0.328 e.